The molecule has 1 amide bonds. The third-order valence-electron chi connectivity index (χ3n) is 3.53. The number of carbonyl (C=O) groups excluding carboxylic acids is 1. The summed E-state index contributed by atoms with van der Waals surface area (Å²) in [6, 6.07) is 16.4. The predicted octanol–water partition coefficient (Wildman–Crippen LogP) is 2.79. The number of rotatable bonds is 4. The van der Waals surface area contributed by atoms with Gasteiger partial charge in [0.1, 0.15) is 0 Å². The Labute approximate surface area is 132 Å². The summed E-state index contributed by atoms with van der Waals surface area (Å²) in [6.45, 7) is 0. The van der Waals surface area contributed by atoms with Crippen molar-refractivity contribution in [1.82, 2.24) is 10.3 Å². The van der Waals surface area contributed by atoms with Crippen LogP contribution in [0.2, 0.25) is 0 Å². The summed E-state index contributed by atoms with van der Waals surface area (Å²) in [5, 5.41) is 12.8. The van der Waals surface area contributed by atoms with Gasteiger partial charge in [-0.1, -0.05) is 48.5 Å². The molecular formula is C18H14N2O3. The number of pyridine rings is 1. The molecule has 0 spiro atoms. The van der Waals surface area contributed by atoms with Gasteiger partial charge in [-0.25, -0.2) is 4.79 Å². The molecule has 0 bridgehead atoms. The SMILES string of the molecule is O=C(NC(C(=O)O)c1ccccc1)c1cccc2cccnc12. The molecule has 114 valence electrons. The number of aromatic nitrogens is 1. The fraction of sp³-hybridized carbons (Fsp3) is 0.0556. The molecule has 0 aliphatic heterocycles. The molecule has 0 radical (unpaired) electrons. The molecule has 2 aromatic carbocycles. The van der Waals surface area contributed by atoms with Crippen LogP contribution in [-0.4, -0.2) is 22.0 Å². The molecule has 23 heavy (non-hydrogen) atoms. The van der Waals surface area contributed by atoms with E-state index in [0.29, 0.717) is 16.6 Å². The normalized spacial score (nSPS) is 11.8. The van der Waals surface area contributed by atoms with Crippen molar-refractivity contribution in [2.24, 2.45) is 0 Å². The van der Waals surface area contributed by atoms with Gasteiger partial charge in [0, 0.05) is 11.6 Å². The van der Waals surface area contributed by atoms with E-state index in [1.54, 1.807) is 54.7 Å². The molecular weight excluding hydrogens is 292 g/mol. The molecule has 5 heteroatoms. The minimum absolute atomic E-state index is 0.352. The molecule has 0 saturated heterocycles. The highest BCUT2D eigenvalue weighted by atomic mass is 16.4. The van der Waals surface area contributed by atoms with Gasteiger partial charge >= 0.3 is 5.97 Å². The van der Waals surface area contributed by atoms with Crippen molar-refractivity contribution in [3.63, 3.8) is 0 Å². The van der Waals surface area contributed by atoms with E-state index in [2.05, 4.69) is 10.3 Å². The second kappa shape index (κ2) is 6.27. The number of carbonyl (C=O) groups is 2. The number of fused-ring (bicyclic) bond motifs is 1. The van der Waals surface area contributed by atoms with E-state index >= 15 is 0 Å². The quantitative estimate of drug-likeness (QED) is 0.777. The summed E-state index contributed by atoms with van der Waals surface area (Å²) in [6.07, 6.45) is 1.60. The zero-order valence-electron chi connectivity index (χ0n) is 12.1. The van der Waals surface area contributed by atoms with Gasteiger partial charge in [0.15, 0.2) is 6.04 Å². The molecule has 0 saturated carbocycles. The van der Waals surface area contributed by atoms with Crippen LogP contribution in [-0.2, 0) is 4.79 Å². The smallest absolute Gasteiger partial charge is 0.330 e. The van der Waals surface area contributed by atoms with Crippen molar-refractivity contribution in [3.8, 4) is 0 Å². The average molecular weight is 306 g/mol. The number of carboxylic acids is 1. The minimum atomic E-state index is -1.11. The first-order chi connectivity index (χ1) is 11.2. The predicted molar refractivity (Wildman–Crippen MR) is 86.0 cm³/mol. The number of hydrogen-bond acceptors (Lipinski definition) is 3. The maximum absolute atomic E-state index is 12.5. The largest absolute Gasteiger partial charge is 0.479 e. The Morgan fingerprint density at radius 1 is 0.957 bits per heavy atom. The maximum Gasteiger partial charge on any atom is 0.330 e. The Balaban J connectivity index is 1.94. The number of para-hydroxylation sites is 1. The zero-order chi connectivity index (χ0) is 16.2. The summed E-state index contributed by atoms with van der Waals surface area (Å²) in [7, 11) is 0. The Bertz CT molecular complexity index is 857. The van der Waals surface area contributed by atoms with Gasteiger partial charge in [0.05, 0.1) is 11.1 Å². The van der Waals surface area contributed by atoms with Crippen molar-refractivity contribution < 1.29 is 14.7 Å². The third-order valence-corrected chi connectivity index (χ3v) is 3.53. The van der Waals surface area contributed by atoms with E-state index in [9.17, 15) is 14.7 Å². The Morgan fingerprint density at radius 3 is 2.43 bits per heavy atom. The van der Waals surface area contributed by atoms with Crippen LogP contribution < -0.4 is 5.32 Å². The highest BCUT2D eigenvalue weighted by Gasteiger charge is 2.23. The van der Waals surface area contributed by atoms with E-state index in [1.165, 1.54) is 0 Å². The van der Waals surface area contributed by atoms with Crippen LogP contribution in [0.25, 0.3) is 10.9 Å². The lowest BCUT2D eigenvalue weighted by atomic mass is 10.1. The summed E-state index contributed by atoms with van der Waals surface area (Å²) >= 11 is 0. The Hall–Kier alpha value is -3.21. The van der Waals surface area contributed by atoms with Crippen molar-refractivity contribution in [3.05, 3.63) is 78.0 Å². The molecule has 5 nitrogen and oxygen atoms in total. The lowest BCUT2D eigenvalue weighted by Gasteiger charge is -2.15. The van der Waals surface area contributed by atoms with Gasteiger partial charge in [-0.3, -0.25) is 9.78 Å². The van der Waals surface area contributed by atoms with E-state index in [1.807, 2.05) is 12.1 Å². The number of hydrogen-bond donors (Lipinski definition) is 2. The number of carboxylic acid groups (broad SMARTS) is 1. The fourth-order valence-electron chi connectivity index (χ4n) is 2.43. The molecule has 3 rings (SSSR count). The molecule has 0 aliphatic rings. The molecule has 1 aromatic heterocycles. The summed E-state index contributed by atoms with van der Waals surface area (Å²) < 4.78 is 0. The highest BCUT2D eigenvalue weighted by Crippen LogP contribution is 2.18. The second-order valence-electron chi connectivity index (χ2n) is 5.04. The van der Waals surface area contributed by atoms with E-state index in [-0.39, 0.29) is 0 Å². The summed E-state index contributed by atoms with van der Waals surface area (Å²) in [4.78, 5) is 28.3. The van der Waals surface area contributed by atoms with Gasteiger partial charge < -0.3 is 10.4 Å². The van der Waals surface area contributed by atoms with Crippen LogP contribution in [0, 0.1) is 0 Å². The number of nitrogens with one attached hydrogen (secondary N) is 1. The second-order valence-corrected chi connectivity index (χ2v) is 5.04. The highest BCUT2D eigenvalue weighted by molar-refractivity contribution is 6.06. The maximum atomic E-state index is 12.5. The van der Waals surface area contributed by atoms with Gasteiger partial charge in [-0.2, -0.15) is 0 Å². The Morgan fingerprint density at radius 2 is 1.70 bits per heavy atom. The topological polar surface area (TPSA) is 79.3 Å². The number of aliphatic carboxylic acids is 1. The molecule has 3 aromatic rings. The van der Waals surface area contributed by atoms with Crippen LogP contribution in [0.1, 0.15) is 22.0 Å². The fourth-order valence-corrected chi connectivity index (χ4v) is 2.43. The van der Waals surface area contributed by atoms with Gasteiger partial charge in [0.2, 0.25) is 0 Å². The minimum Gasteiger partial charge on any atom is -0.479 e. The van der Waals surface area contributed by atoms with Crippen molar-refractivity contribution in [2.45, 2.75) is 6.04 Å². The number of benzene rings is 2. The molecule has 0 fully saturated rings. The zero-order valence-corrected chi connectivity index (χ0v) is 12.1. The van der Waals surface area contributed by atoms with E-state index in [4.69, 9.17) is 0 Å². The number of amides is 1. The standard InChI is InChI=1S/C18H14N2O3/c21-17(14-10-4-8-12-9-5-11-19-15(12)14)20-16(18(22)23)13-6-2-1-3-7-13/h1-11,16H,(H,20,21)(H,22,23). The lowest BCUT2D eigenvalue weighted by molar-refractivity contribution is -0.139. The van der Waals surface area contributed by atoms with Crippen LogP contribution in [0.4, 0.5) is 0 Å². The van der Waals surface area contributed by atoms with Crippen molar-refractivity contribution >= 4 is 22.8 Å². The van der Waals surface area contributed by atoms with Gasteiger partial charge in [-0.05, 0) is 17.7 Å². The van der Waals surface area contributed by atoms with Gasteiger partial charge in [-0.15, -0.1) is 0 Å². The molecule has 1 unspecified atom stereocenters. The van der Waals surface area contributed by atoms with E-state index in [0.717, 1.165) is 5.39 Å². The molecule has 0 aliphatic carbocycles. The molecule has 2 N–H and O–H groups in total. The Kier molecular flexibility index (Phi) is 4.01. The first-order valence-corrected chi connectivity index (χ1v) is 7.09. The van der Waals surface area contributed by atoms with Crippen LogP contribution in [0.15, 0.2) is 66.9 Å². The van der Waals surface area contributed by atoms with Crippen LogP contribution in [0.3, 0.4) is 0 Å². The van der Waals surface area contributed by atoms with Crippen molar-refractivity contribution in [1.29, 1.82) is 0 Å². The van der Waals surface area contributed by atoms with E-state index < -0.39 is 17.9 Å². The molecule has 1 heterocycles. The lowest BCUT2D eigenvalue weighted by Crippen LogP contribution is -2.33. The first kappa shape index (κ1) is 14.7. The average Bonchev–Trinajstić information content (AvgIpc) is 2.59. The summed E-state index contributed by atoms with van der Waals surface area (Å²) in [5.41, 5.74) is 1.41. The third kappa shape index (κ3) is 3.03. The van der Waals surface area contributed by atoms with Crippen molar-refractivity contribution in [2.75, 3.05) is 0 Å². The first-order valence-electron chi connectivity index (χ1n) is 7.09. The van der Waals surface area contributed by atoms with Crippen LogP contribution in [0.5, 0.6) is 0 Å². The molecule has 1 atom stereocenters. The number of nitrogens with zero attached hydrogens (tertiary/aromatic N) is 1. The summed E-state index contributed by atoms with van der Waals surface area (Å²) in [5.74, 6) is -1.58. The monoisotopic (exact) mass is 306 g/mol. The van der Waals surface area contributed by atoms with Gasteiger partial charge in [0.25, 0.3) is 5.91 Å². The van der Waals surface area contributed by atoms with Crippen LogP contribution >= 0.6 is 0 Å².